The fourth-order valence-corrected chi connectivity index (χ4v) is 1.62. The van der Waals surface area contributed by atoms with Gasteiger partial charge in [-0.25, -0.2) is 4.98 Å². The summed E-state index contributed by atoms with van der Waals surface area (Å²) in [6, 6.07) is 0. The Bertz CT molecular complexity index is 279. The lowest BCUT2D eigenvalue weighted by atomic mass is 10.3. The van der Waals surface area contributed by atoms with Crippen LogP contribution in [-0.4, -0.2) is 16.1 Å². The summed E-state index contributed by atoms with van der Waals surface area (Å²) >= 11 is 0. The van der Waals surface area contributed by atoms with Crippen LogP contribution in [-0.2, 0) is 13.6 Å². The van der Waals surface area contributed by atoms with Crippen LogP contribution in [0.25, 0.3) is 0 Å². The van der Waals surface area contributed by atoms with E-state index in [4.69, 9.17) is 0 Å². The van der Waals surface area contributed by atoms with Crippen molar-refractivity contribution in [2.75, 3.05) is 6.54 Å². The molecule has 0 aliphatic heterocycles. The first-order valence-electron chi connectivity index (χ1n) is 4.94. The predicted octanol–water partition coefficient (Wildman–Crippen LogP) is 1.17. The number of imidazole rings is 1. The SMILES string of the molecule is C[C@@H]1C[C@H]1CNCc1nccn1C. The third-order valence-electron chi connectivity index (χ3n) is 2.89. The molecule has 3 nitrogen and oxygen atoms in total. The van der Waals surface area contributed by atoms with E-state index in [0.717, 1.165) is 30.7 Å². The van der Waals surface area contributed by atoms with Crippen LogP contribution in [0.5, 0.6) is 0 Å². The highest BCUT2D eigenvalue weighted by atomic mass is 15.1. The molecule has 0 bridgehead atoms. The molecule has 1 aliphatic carbocycles. The molecule has 1 saturated carbocycles. The second-order valence-corrected chi connectivity index (χ2v) is 4.06. The molecule has 0 amide bonds. The summed E-state index contributed by atoms with van der Waals surface area (Å²) in [6.07, 6.45) is 5.22. The van der Waals surface area contributed by atoms with Crippen LogP contribution in [0.2, 0.25) is 0 Å². The van der Waals surface area contributed by atoms with Crippen LogP contribution in [0.15, 0.2) is 12.4 Å². The summed E-state index contributed by atoms with van der Waals surface area (Å²) in [5.74, 6) is 2.97. The molecule has 0 radical (unpaired) electrons. The molecule has 1 heterocycles. The third kappa shape index (κ3) is 2.10. The number of nitrogens with zero attached hydrogens (tertiary/aromatic N) is 2. The Balaban J connectivity index is 1.71. The van der Waals surface area contributed by atoms with Crippen molar-refractivity contribution >= 4 is 0 Å². The molecule has 0 saturated heterocycles. The van der Waals surface area contributed by atoms with E-state index in [1.807, 2.05) is 19.4 Å². The lowest BCUT2D eigenvalue weighted by Gasteiger charge is -2.03. The number of aryl methyl sites for hydroxylation is 1. The lowest BCUT2D eigenvalue weighted by molar-refractivity contribution is 0.585. The van der Waals surface area contributed by atoms with Gasteiger partial charge in [-0.2, -0.15) is 0 Å². The second-order valence-electron chi connectivity index (χ2n) is 4.06. The Hall–Kier alpha value is -0.830. The molecule has 0 aromatic carbocycles. The van der Waals surface area contributed by atoms with Gasteiger partial charge in [0.2, 0.25) is 0 Å². The molecule has 1 fully saturated rings. The van der Waals surface area contributed by atoms with Crippen LogP contribution in [0, 0.1) is 11.8 Å². The highest BCUT2D eigenvalue weighted by molar-refractivity contribution is 4.91. The number of hydrogen-bond acceptors (Lipinski definition) is 2. The van der Waals surface area contributed by atoms with Gasteiger partial charge in [-0.1, -0.05) is 6.92 Å². The van der Waals surface area contributed by atoms with Crippen molar-refractivity contribution in [2.45, 2.75) is 19.9 Å². The van der Waals surface area contributed by atoms with Gasteiger partial charge in [0.25, 0.3) is 0 Å². The zero-order valence-electron chi connectivity index (χ0n) is 8.33. The predicted molar refractivity (Wildman–Crippen MR) is 52.2 cm³/mol. The van der Waals surface area contributed by atoms with Crippen molar-refractivity contribution < 1.29 is 0 Å². The van der Waals surface area contributed by atoms with Gasteiger partial charge < -0.3 is 9.88 Å². The molecule has 1 aromatic rings. The second kappa shape index (κ2) is 3.50. The highest BCUT2D eigenvalue weighted by Gasteiger charge is 2.31. The van der Waals surface area contributed by atoms with Gasteiger partial charge in [0.1, 0.15) is 5.82 Å². The Kier molecular flexibility index (Phi) is 2.36. The van der Waals surface area contributed by atoms with Gasteiger partial charge in [0, 0.05) is 19.4 Å². The number of rotatable bonds is 4. The van der Waals surface area contributed by atoms with Crippen LogP contribution < -0.4 is 5.32 Å². The third-order valence-corrected chi connectivity index (χ3v) is 2.89. The number of nitrogens with one attached hydrogen (secondary N) is 1. The summed E-state index contributed by atoms with van der Waals surface area (Å²) in [5.41, 5.74) is 0. The zero-order chi connectivity index (χ0) is 9.26. The normalized spacial score (nSPS) is 26.3. The Morgan fingerprint density at radius 3 is 3.00 bits per heavy atom. The molecule has 2 atom stereocenters. The molecular formula is C10H17N3. The summed E-state index contributed by atoms with van der Waals surface area (Å²) in [4.78, 5) is 4.25. The van der Waals surface area contributed by atoms with Crippen LogP contribution >= 0.6 is 0 Å². The maximum absolute atomic E-state index is 4.25. The van der Waals surface area contributed by atoms with Gasteiger partial charge in [-0.05, 0) is 24.8 Å². The van der Waals surface area contributed by atoms with Gasteiger partial charge in [-0.15, -0.1) is 0 Å². The van der Waals surface area contributed by atoms with Crippen molar-refractivity contribution in [1.29, 1.82) is 0 Å². The van der Waals surface area contributed by atoms with Crippen LogP contribution in [0.4, 0.5) is 0 Å². The summed E-state index contributed by atoms with van der Waals surface area (Å²) in [5, 5.41) is 3.44. The minimum atomic E-state index is 0.896. The Labute approximate surface area is 79.2 Å². The summed E-state index contributed by atoms with van der Waals surface area (Å²) in [6.45, 7) is 4.36. The van der Waals surface area contributed by atoms with E-state index in [-0.39, 0.29) is 0 Å². The van der Waals surface area contributed by atoms with Crippen LogP contribution in [0.1, 0.15) is 19.2 Å². The number of hydrogen-bond donors (Lipinski definition) is 1. The van der Waals surface area contributed by atoms with E-state index in [1.165, 1.54) is 6.42 Å². The molecule has 0 unspecified atom stereocenters. The van der Waals surface area contributed by atoms with Crippen molar-refractivity contribution in [3.05, 3.63) is 18.2 Å². The first-order chi connectivity index (χ1) is 6.27. The molecule has 72 valence electrons. The summed E-state index contributed by atoms with van der Waals surface area (Å²) in [7, 11) is 2.03. The van der Waals surface area contributed by atoms with E-state index < -0.39 is 0 Å². The molecule has 1 aliphatic rings. The first kappa shape index (κ1) is 8.75. The highest BCUT2D eigenvalue weighted by Crippen LogP contribution is 2.36. The molecule has 2 rings (SSSR count). The van der Waals surface area contributed by atoms with E-state index in [9.17, 15) is 0 Å². The molecule has 0 spiro atoms. The number of aromatic nitrogens is 2. The average Bonchev–Trinajstić information content (AvgIpc) is 2.63. The fraction of sp³-hybridized carbons (Fsp3) is 0.700. The van der Waals surface area contributed by atoms with E-state index in [0.29, 0.717) is 0 Å². The molecule has 1 aromatic heterocycles. The zero-order valence-corrected chi connectivity index (χ0v) is 8.33. The topological polar surface area (TPSA) is 29.9 Å². The average molecular weight is 179 g/mol. The van der Waals surface area contributed by atoms with E-state index in [2.05, 4.69) is 21.8 Å². The van der Waals surface area contributed by atoms with Crippen molar-refractivity contribution in [2.24, 2.45) is 18.9 Å². The first-order valence-corrected chi connectivity index (χ1v) is 4.94. The maximum atomic E-state index is 4.25. The van der Waals surface area contributed by atoms with Crippen molar-refractivity contribution in [1.82, 2.24) is 14.9 Å². The van der Waals surface area contributed by atoms with E-state index in [1.54, 1.807) is 0 Å². The largest absolute Gasteiger partial charge is 0.337 e. The van der Waals surface area contributed by atoms with Gasteiger partial charge in [0.15, 0.2) is 0 Å². The molecule has 3 heteroatoms. The minimum absolute atomic E-state index is 0.896. The Morgan fingerprint density at radius 2 is 2.46 bits per heavy atom. The standard InChI is InChI=1S/C10H17N3/c1-8-5-9(8)6-11-7-10-12-3-4-13(10)2/h3-4,8-9,11H,5-7H2,1-2H3/t8-,9+/m1/s1. The molecule has 1 N–H and O–H groups in total. The maximum Gasteiger partial charge on any atom is 0.122 e. The van der Waals surface area contributed by atoms with Gasteiger partial charge >= 0.3 is 0 Å². The van der Waals surface area contributed by atoms with Crippen molar-refractivity contribution in [3.8, 4) is 0 Å². The van der Waals surface area contributed by atoms with Gasteiger partial charge in [-0.3, -0.25) is 0 Å². The smallest absolute Gasteiger partial charge is 0.122 e. The quantitative estimate of drug-likeness (QED) is 0.752. The lowest BCUT2D eigenvalue weighted by Crippen LogP contribution is -2.19. The molecule has 13 heavy (non-hydrogen) atoms. The monoisotopic (exact) mass is 179 g/mol. The summed E-state index contributed by atoms with van der Waals surface area (Å²) < 4.78 is 2.06. The van der Waals surface area contributed by atoms with Gasteiger partial charge in [0.05, 0.1) is 6.54 Å². The molecular weight excluding hydrogens is 162 g/mol. The van der Waals surface area contributed by atoms with E-state index >= 15 is 0 Å². The minimum Gasteiger partial charge on any atom is -0.337 e. The fourth-order valence-electron chi connectivity index (χ4n) is 1.62. The Morgan fingerprint density at radius 1 is 1.69 bits per heavy atom. The van der Waals surface area contributed by atoms with Crippen LogP contribution in [0.3, 0.4) is 0 Å². The van der Waals surface area contributed by atoms with Crippen molar-refractivity contribution in [3.63, 3.8) is 0 Å².